The van der Waals surface area contributed by atoms with Crippen LogP contribution in [-0.2, 0) is 0 Å². The number of amidine groups is 1. The van der Waals surface area contributed by atoms with Crippen LogP contribution in [0.4, 0.5) is 0 Å². The first-order valence-electron chi connectivity index (χ1n) is 6.02. The minimum absolute atomic E-state index is 0.896. The summed E-state index contributed by atoms with van der Waals surface area (Å²) in [5, 5.41) is 2.29. The second-order valence-electron chi connectivity index (χ2n) is 4.47. The first-order valence-corrected chi connectivity index (χ1v) is 6.83. The van der Waals surface area contributed by atoms with E-state index < -0.39 is 0 Å². The maximum absolute atomic E-state index is 5.65. The number of aliphatic imine (C=N–C) groups is 1. The van der Waals surface area contributed by atoms with Crippen molar-refractivity contribution >= 4 is 33.6 Å². The van der Waals surface area contributed by atoms with E-state index in [1.54, 1.807) is 18.0 Å². The van der Waals surface area contributed by atoms with Gasteiger partial charge in [0.25, 0.3) is 0 Å². The molecule has 2 aromatic rings. The number of fused-ring (bicyclic) bond motifs is 2. The van der Waals surface area contributed by atoms with Crippen LogP contribution in [0, 0.1) is 0 Å². The van der Waals surface area contributed by atoms with Gasteiger partial charge in [0.05, 0.1) is 18.5 Å². The number of rotatable bonds is 1. The molecule has 2 aliphatic rings. The molecule has 18 heavy (non-hydrogen) atoms. The third-order valence-corrected chi connectivity index (χ3v) is 4.42. The van der Waals surface area contributed by atoms with Crippen LogP contribution in [0.15, 0.2) is 44.8 Å². The Labute approximate surface area is 109 Å². The average molecular weight is 256 g/mol. The number of allylic oxidation sites excluding steroid dienone is 1. The number of hydrogen-bond acceptors (Lipinski definition) is 4. The summed E-state index contributed by atoms with van der Waals surface area (Å²) in [6.07, 6.45) is 1.76. The fraction of sp³-hybridized carbons (Fsp3) is 0.214. The first-order chi connectivity index (χ1) is 8.84. The predicted molar refractivity (Wildman–Crippen MR) is 75.4 cm³/mol. The molecule has 0 spiro atoms. The minimum atomic E-state index is 0.896. The van der Waals surface area contributed by atoms with Gasteiger partial charge in [-0.25, -0.2) is 0 Å². The summed E-state index contributed by atoms with van der Waals surface area (Å²) in [5.74, 6) is 0. The second kappa shape index (κ2) is 3.65. The highest BCUT2D eigenvalue weighted by atomic mass is 32.2. The van der Waals surface area contributed by atoms with E-state index in [2.05, 4.69) is 35.0 Å². The minimum Gasteiger partial charge on any atom is -0.464 e. The molecule has 1 aromatic carbocycles. The van der Waals surface area contributed by atoms with Gasteiger partial charge in [0.1, 0.15) is 5.58 Å². The fourth-order valence-corrected chi connectivity index (χ4v) is 3.65. The van der Waals surface area contributed by atoms with Crippen LogP contribution in [0.3, 0.4) is 0 Å². The van der Waals surface area contributed by atoms with Crippen molar-refractivity contribution in [2.24, 2.45) is 4.99 Å². The van der Waals surface area contributed by atoms with E-state index in [0.29, 0.717) is 0 Å². The van der Waals surface area contributed by atoms with Gasteiger partial charge in [0, 0.05) is 22.4 Å². The van der Waals surface area contributed by atoms with E-state index in [4.69, 9.17) is 4.42 Å². The van der Waals surface area contributed by atoms with Crippen LogP contribution in [-0.4, -0.2) is 23.2 Å². The van der Waals surface area contributed by atoms with Gasteiger partial charge in [-0.05, 0) is 19.1 Å². The van der Waals surface area contributed by atoms with Gasteiger partial charge in [-0.3, -0.25) is 4.99 Å². The number of nitrogens with zero attached hydrogens (tertiary/aromatic N) is 2. The van der Waals surface area contributed by atoms with Gasteiger partial charge in [0.15, 0.2) is 5.17 Å². The van der Waals surface area contributed by atoms with E-state index in [1.807, 2.05) is 6.07 Å². The van der Waals surface area contributed by atoms with Crippen molar-refractivity contribution in [1.82, 2.24) is 4.90 Å². The molecule has 0 saturated heterocycles. The number of furan rings is 1. The normalized spacial score (nSPS) is 18.7. The van der Waals surface area contributed by atoms with E-state index in [-0.39, 0.29) is 0 Å². The average Bonchev–Trinajstić information content (AvgIpc) is 3.02. The molecule has 4 rings (SSSR count). The number of hydrogen-bond donors (Lipinski definition) is 0. The lowest BCUT2D eigenvalue weighted by Gasteiger charge is -2.17. The molecule has 90 valence electrons. The van der Waals surface area contributed by atoms with Crippen molar-refractivity contribution < 1.29 is 4.42 Å². The zero-order valence-electron chi connectivity index (χ0n) is 10.0. The molecule has 0 unspecified atom stereocenters. The topological polar surface area (TPSA) is 28.7 Å². The van der Waals surface area contributed by atoms with Gasteiger partial charge in [-0.15, -0.1) is 0 Å². The van der Waals surface area contributed by atoms with Crippen LogP contribution in [0.1, 0.15) is 12.5 Å². The lowest BCUT2D eigenvalue weighted by atomic mass is 10.1. The molecule has 0 radical (unpaired) electrons. The van der Waals surface area contributed by atoms with Gasteiger partial charge in [-0.1, -0.05) is 23.9 Å². The summed E-state index contributed by atoms with van der Waals surface area (Å²) < 4.78 is 5.65. The Bertz CT molecular complexity index is 699. The highest BCUT2D eigenvalue weighted by Crippen LogP contribution is 2.43. The Hall–Kier alpha value is -1.68. The predicted octanol–water partition coefficient (Wildman–Crippen LogP) is 3.54. The molecular weight excluding hydrogens is 244 g/mol. The third kappa shape index (κ3) is 1.29. The van der Waals surface area contributed by atoms with Crippen LogP contribution < -0.4 is 0 Å². The Morgan fingerprint density at radius 1 is 1.33 bits per heavy atom. The van der Waals surface area contributed by atoms with E-state index in [9.17, 15) is 0 Å². The number of para-hydroxylation sites is 1. The second-order valence-corrected chi connectivity index (χ2v) is 5.65. The molecule has 4 heteroatoms. The number of thioether (sulfide) groups is 1. The van der Waals surface area contributed by atoms with Crippen molar-refractivity contribution in [2.75, 3.05) is 13.1 Å². The molecule has 0 amide bonds. The summed E-state index contributed by atoms with van der Waals surface area (Å²) in [7, 11) is 0. The molecule has 1 aromatic heterocycles. The fourth-order valence-electron chi connectivity index (χ4n) is 2.61. The molecule has 0 saturated carbocycles. The summed E-state index contributed by atoms with van der Waals surface area (Å²) in [6, 6.07) is 8.31. The van der Waals surface area contributed by atoms with Crippen molar-refractivity contribution in [3.63, 3.8) is 0 Å². The first kappa shape index (κ1) is 10.3. The molecule has 3 nitrogen and oxygen atoms in total. The molecule has 0 atom stereocenters. The Kier molecular flexibility index (Phi) is 2.08. The van der Waals surface area contributed by atoms with E-state index in [1.165, 1.54) is 16.2 Å². The van der Waals surface area contributed by atoms with Crippen LogP contribution >= 0.6 is 11.8 Å². The van der Waals surface area contributed by atoms with E-state index in [0.717, 1.165) is 29.2 Å². The maximum atomic E-state index is 5.65. The Balaban J connectivity index is 1.95. The maximum Gasteiger partial charge on any atom is 0.168 e. The summed E-state index contributed by atoms with van der Waals surface area (Å²) in [5.41, 5.74) is 3.41. The Morgan fingerprint density at radius 3 is 3.22 bits per heavy atom. The van der Waals surface area contributed by atoms with Crippen molar-refractivity contribution in [1.29, 1.82) is 0 Å². The summed E-state index contributed by atoms with van der Waals surface area (Å²) >= 11 is 1.76. The van der Waals surface area contributed by atoms with Crippen molar-refractivity contribution in [3.8, 4) is 0 Å². The number of benzene rings is 1. The van der Waals surface area contributed by atoms with Crippen LogP contribution in [0.5, 0.6) is 0 Å². The highest BCUT2D eigenvalue weighted by molar-refractivity contribution is 8.17. The SMILES string of the molecule is CC1=C(c2cccc3ccoc23)N2CCN=C2S1. The molecular formula is C14H12N2OS. The summed E-state index contributed by atoms with van der Waals surface area (Å²) in [4.78, 5) is 8.13. The van der Waals surface area contributed by atoms with Gasteiger partial charge >= 0.3 is 0 Å². The van der Waals surface area contributed by atoms with Gasteiger partial charge in [-0.2, -0.15) is 0 Å². The van der Waals surface area contributed by atoms with Crippen molar-refractivity contribution in [3.05, 3.63) is 41.0 Å². The van der Waals surface area contributed by atoms with Gasteiger partial charge < -0.3 is 9.32 Å². The molecule has 2 aliphatic heterocycles. The molecule has 0 fully saturated rings. The van der Waals surface area contributed by atoms with Crippen LogP contribution in [0.25, 0.3) is 16.7 Å². The largest absolute Gasteiger partial charge is 0.464 e. The van der Waals surface area contributed by atoms with Crippen LogP contribution in [0.2, 0.25) is 0 Å². The zero-order chi connectivity index (χ0) is 12.1. The standard InChI is InChI=1S/C14H12N2OS/c1-9-12(16-7-6-15-14(16)18-9)11-4-2-3-10-5-8-17-13(10)11/h2-5,8H,6-7H2,1H3. The Morgan fingerprint density at radius 2 is 2.28 bits per heavy atom. The molecule has 3 heterocycles. The highest BCUT2D eigenvalue weighted by Gasteiger charge is 2.32. The summed E-state index contributed by atoms with van der Waals surface area (Å²) in [6.45, 7) is 4.03. The monoisotopic (exact) mass is 256 g/mol. The lowest BCUT2D eigenvalue weighted by Crippen LogP contribution is -2.20. The zero-order valence-corrected chi connectivity index (χ0v) is 10.8. The lowest BCUT2D eigenvalue weighted by molar-refractivity contribution is 0.608. The molecule has 0 N–H and O–H groups in total. The quantitative estimate of drug-likeness (QED) is 0.781. The van der Waals surface area contributed by atoms with E-state index >= 15 is 0 Å². The van der Waals surface area contributed by atoms with Gasteiger partial charge in [0.2, 0.25) is 0 Å². The third-order valence-electron chi connectivity index (χ3n) is 3.38. The molecule has 0 aliphatic carbocycles. The van der Waals surface area contributed by atoms with Crippen molar-refractivity contribution in [2.45, 2.75) is 6.92 Å². The smallest absolute Gasteiger partial charge is 0.168 e. The molecule has 0 bridgehead atoms.